The third-order valence-electron chi connectivity index (χ3n) is 4.71. The number of aryl methyl sites for hydroxylation is 2. The molecule has 7 nitrogen and oxygen atoms in total. The molecule has 2 heterocycles. The van der Waals surface area contributed by atoms with Gasteiger partial charge in [0.05, 0.1) is 6.54 Å². The molecule has 0 aliphatic rings. The normalized spacial score (nSPS) is 11.7. The van der Waals surface area contributed by atoms with E-state index in [9.17, 15) is 9.59 Å². The minimum Gasteiger partial charge on any atom is -0.321 e. The first-order valence-corrected chi connectivity index (χ1v) is 9.44. The molecule has 25 heavy (non-hydrogen) atoms. The smallest absolute Gasteiger partial charge is 0.321 e. The van der Waals surface area contributed by atoms with E-state index >= 15 is 0 Å². The van der Waals surface area contributed by atoms with Gasteiger partial charge in [-0.1, -0.05) is 40.0 Å². The van der Waals surface area contributed by atoms with Crippen molar-refractivity contribution in [1.29, 1.82) is 0 Å². The molecule has 2 rings (SSSR count). The van der Waals surface area contributed by atoms with Crippen molar-refractivity contribution >= 4 is 11.2 Å². The van der Waals surface area contributed by atoms with Crippen LogP contribution in [0.4, 0.5) is 0 Å². The molecule has 2 aromatic rings. The summed E-state index contributed by atoms with van der Waals surface area (Å²) in [5.74, 6) is 0.871. The first kappa shape index (κ1) is 19.4. The molecule has 0 amide bonds. The van der Waals surface area contributed by atoms with Gasteiger partial charge in [-0.15, -0.1) is 0 Å². The number of unbranched alkanes of at least 4 members (excludes halogenated alkanes) is 3. The molecule has 0 aliphatic carbocycles. The molecule has 0 aliphatic heterocycles. The maximum atomic E-state index is 12.4. The Morgan fingerprint density at radius 1 is 1.08 bits per heavy atom. The van der Waals surface area contributed by atoms with E-state index in [2.05, 4.69) is 35.6 Å². The number of aromatic amines is 1. The Balaban J connectivity index is 2.47. The molecule has 2 aromatic heterocycles. The average Bonchev–Trinajstić information content (AvgIpc) is 2.95. The van der Waals surface area contributed by atoms with Crippen LogP contribution in [-0.4, -0.2) is 37.1 Å². The van der Waals surface area contributed by atoms with E-state index < -0.39 is 5.69 Å². The molecule has 0 aromatic carbocycles. The van der Waals surface area contributed by atoms with Crippen molar-refractivity contribution in [2.24, 2.45) is 7.05 Å². The number of hydrogen-bond acceptors (Lipinski definition) is 4. The molecule has 0 atom stereocenters. The summed E-state index contributed by atoms with van der Waals surface area (Å²) in [6, 6.07) is 0. The number of nitrogens with zero attached hydrogens (tertiary/aromatic N) is 4. The van der Waals surface area contributed by atoms with Crippen molar-refractivity contribution in [1.82, 2.24) is 24.0 Å². The Hall–Kier alpha value is -1.89. The van der Waals surface area contributed by atoms with Gasteiger partial charge >= 0.3 is 5.69 Å². The van der Waals surface area contributed by atoms with Crippen LogP contribution in [0.15, 0.2) is 9.59 Å². The summed E-state index contributed by atoms with van der Waals surface area (Å²) < 4.78 is 3.44. The summed E-state index contributed by atoms with van der Waals surface area (Å²) in [6.45, 7) is 9.89. The van der Waals surface area contributed by atoms with Crippen molar-refractivity contribution in [3.05, 3.63) is 26.7 Å². The number of rotatable bonds is 10. The van der Waals surface area contributed by atoms with Crippen molar-refractivity contribution in [3.63, 3.8) is 0 Å². The lowest BCUT2D eigenvalue weighted by molar-refractivity contribution is 0.264. The van der Waals surface area contributed by atoms with Crippen LogP contribution in [0.25, 0.3) is 11.2 Å². The minimum atomic E-state index is -0.416. The second-order valence-corrected chi connectivity index (χ2v) is 6.60. The molecular weight excluding hydrogens is 318 g/mol. The summed E-state index contributed by atoms with van der Waals surface area (Å²) in [4.78, 5) is 33.7. The van der Waals surface area contributed by atoms with E-state index in [1.165, 1.54) is 4.57 Å². The number of imidazole rings is 1. The summed E-state index contributed by atoms with van der Waals surface area (Å²) >= 11 is 0. The predicted octanol–water partition coefficient (Wildman–Crippen LogP) is 2.24. The van der Waals surface area contributed by atoms with Crippen LogP contribution in [0, 0.1) is 0 Å². The van der Waals surface area contributed by atoms with Crippen molar-refractivity contribution in [2.45, 2.75) is 66.0 Å². The molecule has 0 bridgehead atoms. The third-order valence-corrected chi connectivity index (χ3v) is 4.71. The molecule has 0 spiro atoms. The molecule has 140 valence electrons. The lowest BCUT2D eigenvalue weighted by Gasteiger charge is -2.20. The van der Waals surface area contributed by atoms with Crippen LogP contribution in [0.2, 0.25) is 0 Å². The highest BCUT2D eigenvalue weighted by Crippen LogP contribution is 2.15. The second-order valence-electron chi connectivity index (χ2n) is 6.60. The Bertz CT molecular complexity index is 802. The number of hydrogen-bond donors (Lipinski definition) is 1. The maximum Gasteiger partial charge on any atom is 0.329 e. The van der Waals surface area contributed by atoms with Crippen molar-refractivity contribution in [2.75, 3.05) is 13.1 Å². The molecule has 7 heteroatoms. The largest absolute Gasteiger partial charge is 0.329 e. The van der Waals surface area contributed by atoms with Crippen molar-refractivity contribution < 1.29 is 0 Å². The van der Waals surface area contributed by atoms with Crippen LogP contribution in [-0.2, 0) is 20.1 Å². The number of nitrogens with one attached hydrogen (secondary N) is 1. The van der Waals surface area contributed by atoms with Crippen LogP contribution < -0.4 is 11.2 Å². The highest BCUT2D eigenvalue weighted by Gasteiger charge is 2.18. The highest BCUT2D eigenvalue weighted by molar-refractivity contribution is 5.70. The van der Waals surface area contributed by atoms with Gasteiger partial charge in [0, 0.05) is 13.6 Å². The Kier molecular flexibility index (Phi) is 6.99. The van der Waals surface area contributed by atoms with Crippen LogP contribution >= 0.6 is 0 Å². The van der Waals surface area contributed by atoms with E-state index in [0.29, 0.717) is 17.7 Å². The Morgan fingerprint density at radius 2 is 1.80 bits per heavy atom. The van der Waals surface area contributed by atoms with E-state index in [1.807, 2.05) is 4.57 Å². The predicted molar refractivity (Wildman–Crippen MR) is 101 cm³/mol. The zero-order valence-electron chi connectivity index (χ0n) is 16.0. The van der Waals surface area contributed by atoms with Gasteiger partial charge in [0.25, 0.3) is 5.56 Å². The zero-order chi connectivity index (χ0) is 18.4. The minimum absolute atomic E-state index is 0.343. The quantitative estimate of drug-likeness (QED) is 0.668. The van der Waals surface area contributed by atoms with Gasteiger partial charge in [-0.25, -0.2) is 9.78 Å². The SMILES string of the molecule is CCCCCn1c(CN(CC)CCCC)nc2c1c(=O)[nH]c(=O)n2C. The number of H-pyrrole nitrogens is 1. The first-order valence-electron chi connectivity index (χ1n) is 9.44. The maximum absolute atomic E-state index is 12.4. The Labute approximate surface area is 148 Å². The standard InChI is InChI=1S/C18H31N5O2/c1-5-8-10-12-23-14(13-22(7-3)11-9-6-2)19-16-15(23)17(24)20-18(25)21(16)4/h5-13H2,1-4H3,(H,20,24,25). The van der Waals surface area contributed by atoms with Gasteiger partial charge in [0.15, 0.2) is 11.2 Å². The molecule has 0 unspecified atom stereocenters. The first-order chi connectivity index (χ1) is 12.0. The average molecular weight is 349 g/mol. The van der Waals surface area contributed by atoms with Crippen molar-refractivity contribution in [3.8, 4) is 0 Å². The topological polar surface area (TPSA) is 75.9 Å². The highest BCUT2D eigenvalue weighted by atomic mass is 16.2. The van der Waals surface area contributed by atoms with Gasteiger partial charge in [0.2, 0.25) is 0 Å². The van der Waals surface area contributed by atoms with E-state index in [0.717, 1.165) is 57.6 Å². The zero-order valence-corrected chi connectivity index (χ0v) is 16.0. The van der Waals surface area contributed by atoms with Crippen LogP contribution in [0.5, 0.6) is 0 Å². The number of fused-ring (bicyclic) bond motifs is 1. The number of aromatic nitrogens is 4. The second kappa shape index (κ2) is 8.99. The fourth-order valence-corrected chi connectivity index (χ4v) is 3.09. The molecular formula is C18H31N5O2. The lowest BCUT2D eigenvalue weighted by Crippen LogP contribution is -2.29. The van der Waals surface area contributed by atoms with Gasteiger partial charge < -0.3 is 4.57 Å². The van der Waals surface area contributed by atoms with Gasteiger partial charge in [-0.05, 0) is 25.9 Å². The van der Waals surface area contributed by atoms with Gasteiger partial charge in [0.1, 0.15) is 5.82 Å². The summed E-state index contributed by atoms with van der Waals surface area (Å²) in [5.41, 5.74) is 0.233. The molecule has 0 radical (unpaired) electrons. The van der Waals surface area contributed by atoms with Crippen LogP contribution in [0.3, 0.4) is 0 Å². The summed E-state index contributed by atoms with van der Waals surface area (Å²) in [7, 11) is 1.66. The molecule has 0 saturated carbocycles. The Morgan fingerprint density at radius 3 is 2.44 bits per heavy atom. The van der Waals surface area contributed by atoms with Crippen LogP contribution in [0.1, 0.15) is 58.7 Å². The van der Waals surface area contributed by atoms with Gasteiger partial charge in [-0.2, -0.15) is 0 Å². The summed E-state index contributed by atoms with van der Waals surface area (Å²) in [6.07, 6.45) is 5.52. The third kappa shape index (κ3) is 4.39. The monoisotopic (exact) mass is 349 g/mol. The summed E-state index contributed by atoms with van der Waals surface area (Å²) in [5, 5.41) is 0. The lowest BCUT2D eigenvalue weighted by atomic mass is 10.2. The van der Waals surface area contributed by atoms with Gasteiger partial charge in [-0.3, -0.25) is 19.2 Å². The molecule has 0 fully saturated rings. The van der Waals surface area contributed by atoms with E-state index in [1.54, 1.807) is 7.05 Å². The molecule has 1 N–H and O–H groups in total. The fraction of sp³-hybridized carbons (Fsp3) is 0.722. The van der Waals surface area contributed by atoms with E-state index in [4.69, 9.17) is 0 Å². The fourth-order valence-electron chi connectivity index (χ4n) is 3.09. The molecule has 0 saturated heterocycles. The van der Waals surface area contributed by atoms with E-state index in [-0.39, 0.29) is 5.56 Å².